The molecule has 2 aromatic rings. The molecule has 0 N–H and O–H groups in total. The summed E-state index contributed by atoms with van der Waals surface area (Å²) in [4.78, 5) is 28.4. The van der Waals surface area contributed by atoms with Crippen molar-refractivity contribution in [2.45, 2.75) is 19.4 Å². The lowest BCUT2D eigenvalue weighted by atomic mass is 10.1. The summed E-state index contributed by atoms with van der Waals surface area (Å²) < 4.78 is 26.7. The zero-order chi connectivity index (χ0) is 22.6. The first-order chi connectivity index (χ1) is 15.4. The number of rotatable bonds is 6. The molecule has 8 heteroatoms. The molecule has 0 spiro atoms. The van der Waals surface area contributed by atoms with Gasteiger partial charge in [0.25, 0.3) is 5.91 Å². The molecular weight excluding hydrogens is 426 g/mol. The number of carbonyl (C=O) groups is 2. The topological polar surface area (TPSA) is 78.0 Å². The molecule has 2 heterocycles. The Morgan fingerprint density at radius 2 is 1.69 bits per heavy atom. The first-order valence-corrected chi connectivity index (χ1v) is 12.3. The minimum Gasteiger partial charge on any atom is -0.338 e. The number of carbonyl (C=O) groups excluding carboxylic acids is 2. The van der Waals surface area contributed by atoms with Crippen LogP contribution >= 0.6 is 0 Å². The molecular formula is C24H27N3O4S. The van der Waals surface area contributed by atoms with Gasteiger partial charge in [0.1, 0.15) is 0 Å². The molecule has 168 valence electrons. The van der Waals surface area contributed by atoms with Crippen LogP contribution in [0.25, 0.3) is 6.08 Å². The van der Waals surface area contributed by atoms with Gasteiger partial charge in [0, 0.05) is 56.7 Å². The van der Waals surface area contributed by atoms with E-state index in [1.165, 1.54) is 9.71 Å². The second-order valence-electron chi connectivity index (χ2n) is 8.07. The first kappa shape index (κ1) is 22.2. The molecule has 0 unspecified atom stereocenters. The molecule has 2 aromatic carbocycles. The molecule has 2 saturated heterocycles. The molecule has 7 nitrogen and oxygen atoms in total. The average molecular weight is 454 g/mol. The number of benzene rings is 2. The van der Waals surface area contributed by atoms with Gasteiger partial charge in [-0.25, -0.2) is 8.42 Å². The van der Waals surface area contributed by atoms with Gasteiger partial charge in [-0.15, -0.1) is 0 Å². The Bertz CT molecular complexity index is 1110. The molecule has 2 aliphatic heterocycles. The van der Waals surface area contributed by atoms with Crippen LogP contribution in [0, 0.1) is 0 Å². The van der Waals surface area contributed by atoms with E-state index in [1.54, 1.807) is 17.0 Å². The fraction of sp³-hybridized carbons (Fsp3) is 0.333. The third-order valence-electron chi connectivity index (χ3n) is 5.84. The number of piperazine rings is 1. The highest BCUT2D eigenvalue weighted by Crippen LogP contribution is 2.18. The predicted molar refractivity (Wildman–Crippen MR) is 123 cm³/mol. The largest absolute Gasteiger partial charge is 0.338 e. The Hall–Kier alpha value is -2.97. The van der Waals surface area contributed by atoms with Gasteiger partial charge in [0.15, 0.2) is 0 Å². The SMILES string of the molecule is O=C1CCCN1Cc1cccc(C(=O)N2CCN(S(=O)(=O)C=Cc3ccccc3)CC2)c1. The van der Waals surface area contributed by atoms with E-state index in [9.17, 15) is 18.0 Å². The number of hydrogen-bond acceptors (Lipinski definition) is 4. The van der Waals surface area contributed by atoms with Crippen molar-refractivity contribution in [1.82, 2.24) is 14.1 Å². The molecule has 2 aliphatic rings. The lowest BCUT2D eigenvalue weighted by Gasteiger charge is -2.33. The van der Waals surface area contributed by atoms with Gasteiger partial charge >= 0.3 is 0 Å². The molecule has 0 aliphatic carbocycles. The Kier molecular flexibility index (Phi) is 6.72. The van der Waals surface area contributed by atoms with Crippen LogP contribution in [0.3, 0.4) is 0 Å². The van der Waals surface area contributed by atoms with Crippen molar-refractivity contribution in [3.8, 4) is 0 Å². The summed E-state index contributed by atoms with van der Waals surface area (Å²) in [6.07, 6.45) is 3.06. The maximum Gasteiger partial charge on any atom is 0.253 e. The van der Waals surface area contributed by atoms with E-state index in [4.69, 9.17) is 0 Å². The Labute approximate surface area is 189 Å². The van der Waals surface area contributed by atoms with Crippen molar-refractivity contribution >= 4 is 27.9 Å². The van der Waals surface area contributed by atoms with Crippen LogP contribution in [0.4, 0.5) is 0 Å². The molecule has 2 fully saturated rings. The quantitative estimate of drug-likeness (QED) is 0.674. The van der Waals surface area contributed by atoms with Gasteiger partial charge in [0.05, 0.1) is 0 Å². The number of hydrogen-bond donors (Lipinski definition) is 0. The summed E-state index contributed by atoms with van der Waals surface area (Å²) in [5.74, 6) is 0.0387. The van der Waals surface area contributed by atoms with Crippen LogP contribution in [0.1, 0.15) is 34.3 Å². The van der Waals surface area contributed by atoms with E-state index in [0.29, 0.717) is 31.6 Å². The summed E-state index contributed by atoms with van der Waals surface area (Å²) in [5.41, 5.74) is 2.31. The molecule has 4 rings (SSSR count). The fourth-order valence-corrected chi connectivity index (χ4v) is 5.21. The van der Waals surface area contributed by atoms with Crippen LogP contribution in [0.2, 0.25) is 0 Å². The molecule has 0 radical (unpaired) electrons. The maximum absolute atomic E-state index is 13.0. The van der Waals surface area contributed by atoms with E-state index in [0.717, 1.165) is 24.1 Å². The highest BCUT2D eigenvalue weighted by Gasteiger charge is 2.28. The third-order valence-corrected chi connectivity index (χ3v) is 7.40. The zero-order valence-corrected chi connectivity index (χ0v) is 18.7. The first-order valence-electron chi connectivity index (χ1n) is 10.8. The number of amides is 2. The Morgan fingerprint density at radius 3 is 2.38 bits per heavy atom. The van der Waals surface area contributed by atoms with Crippen LogP contribution in [0.5, 0.6) is 0 Å². The normalized spacial score (nSPS) is 17.9. The van der Waals surface area contributed by atoms with E-state index in [1.807, 2.05) is 53.4 Å². The maximum atomic E-state index is 13.0. The van der Waals surface area contributed by atoms with Crippen LogP contribution in [-0.2, 0) is 21.4 Å². The standard InChI is InChI=1S/C24H27N3O4S/c28-23-10-5-12-26(23)19-21-8-4-9-22(18-21)24(29)25-13-15-27(16-14-25)32(30,31)17-11-20-6-2-1-3-7-20/h1-4,6-9,11,17-18H,5,10,12-16,19H2. The summed E-state index contributed by atoms with van der Waals surface area (Å²) in [6, 6.07) is 16.6. The highest BCUT2D eigenvalue weighted by molar-refractivity contribution is 7.92. The van der Waals surface area contributed by atoms with Crippen molar-refractivity contribution in [3.05, 3.63) is 76.7 Å². The Balaban J connectivity index is 1.36. The van der Waals surface area contributed by atoms with Crippen LogP contribution in [0.15, 0.2) is 60.0 Å². The fourth-order valence-electron chi connectivity index (χ4n) is 4.04. The lowest BCUT2D eigenvalue weighted by molar-refractivity contribution is -0.128. The summed E-state index contributed by atoms with van der Waals surface area (Å²) in [5, 5.41) is 1.23. The second kappa shape index (κ2) is 9.67. The van der Waals surface area contributed by atoms with Crippen molar-refractivity contribution in [3.63, 3.8) is 0 Å². The van der Waals surface area contributed by atoms with Gasteiger partial charge in [-0.2, -0.15) is 4.31 Å². The van der Waals surface area contributed by atoms with Crippen molar-refractivity contribution in [2.24, 2.45) is 0 Å². The smallest absolute Gasteiger partial charge is 0.253 e. The van der Waals surface area contributed by atoms with E-state index < -0.39 is 10.0 Å². The van der Waals surface area contributed by atoms with E-state index in [2.05, 4.69) is 0 Å². The third kappa shape index (κ3) is 5.26. The van der Waals surface area contributed by atoms with Gasteiger partial charge in [-0.1, -0.05) is 42.5 Å². The summed E-state index contributed by atoms with van der Waals surface area (Å²) in [7, 11) is -3.54. The number of likely N-dealkylation sites (tertiary alicyclic amines) is 1. The predicted octanol–water partition coefficient (Wildman–Crippen LogP) is 2.57. The minimum absolute atomic E-state index is 0.114. The average Bonchev–Trinajstić information content (AvgIpc) is 3.22. The zero-order valence-electron chi connectivity index (χ0n) is 17.9. The molecule has 0 atom stereocenters. The van der Waals surface area contributed by atoms with Crippen LogP contribution in [-0.4, -0.2) is 67.1 Å². The molecule has 32 heavy (non-hydrogen) atoms. The van der Waals surface area contributed by atoms with E-state index >= 15 is 0 Å². The molecule has 0 bridgehead atoms. The van der Waals surface area contributed by atoms with Gasteiger partial charge in [-0.05, 0) is 35.8 Å². The Morgan fingerprint density at radius 1 is 0.938 bits per heavy atom. The molecule has 2 amide bonds. The van der Waals surface area contributed by atoms with Gasteiger partial charge in [0.2, 0.25) is 15.9 Å². The monoisotopic (exact) mass is 453 g/mol. The lowest BCUT2D eigenvalue weighted by Crippen LogP contribution is -2.50. The van der Waals surface area contributed by atoms with Gasteiger partial charge < -0.3 is 9.80 Å². The van der Waals surface area contributed by atoms with Crippen LogP contribution < -0.4 is 0 Å². The summed E-state index contributed by atoms with van der Waals surface area (Å²) >= 11 is 0. The second-order valence-corrected chi connectivity index (χ2v) is 9.89. The van der Waals surface area contributed by atoms with Crippen molar-refractivity contribution < 1.29 is 18.0 Å². The van der Waals surface area contributed by atoms with Gasteiger partial charge in [-0.3, -0.25) is 9.59 Å². The summed E-state index contributed by atoms with van der Waals surface area (Å²) in [6.45, 7) is 2.47. The minimum atomic E-state index is -3.54. The van der Waals surface area contributed by atoms with Crippen molar-refractivity contribution in [1.29, 1.82) is 0 Å². The molecule has 0 saturated carbocycles. The number of nitrogens with zero attached hydrogens (tertiary/aromatic N) is 3. The van der Waals surface area contributed by atoms with Crippen molar-refractivity contribution in [2.75, 3.05) is 32.7 Å². The van der Waals surface area contributed by atoms with E-state index in [-0.39, 0.29) is 24.9 Å². The molecule has 0 aromatic heterocycles. The highest BCUT2D eigenvalue weighted by atomic mass is 32.2. The number of sulfonamides is 1.